The maximum absolute atomic E-state index is 12.1. The number of hydrogen-bond donors (Lipinski definition) is 0. The maximum atomic E-state index is 12.1. The second kappa shape index (κ2) is 7.52. The van der Waals surface area contributed by atoms with Gasteiger partial charge in [-0.05, 0) is 24.6 Å². The first kappa shape index (κ1) is 16.6. The quantitative estimate of drug-likeness (QED) is 0.622. The van der Waals surface area contributed by atoms with Crippen molar-refractivity contribution < 1.29 is 14.3 Å². The van der Waals surface area contributed by atoms with Crippen molar-refractivity contribution in [1.29, 1.82) is 0 Å². The first-order valence-corrected chi connectivity index (χ1v) is 8.64. The molecule has 0 N–H and O–H groups in total. The number of esters is 1. The molecule has 1 aliphatic heterocycles. The van der Waals surface area contributed by atoms with E-state index in [2.05, 4.69) is 16.7 Å². The predicted molar refractivity (Wildman–Crippen MR) is 95.8 cm³/mol. The number of thiophene rings is 1. The molecule has 0 unspecified atom stereocenters. The van der Waals surface area contributed by atoms with E-state index in [0.717, 1.165) is 34.8 Å². The van der Waals surface area contributed by atoms with Crippen LogP contribution in [-0.4, -0.2) is 39.4 Å². The van der Waals surface area contributed by atoms with Crippen molar-refractivity contribution in [3.05, 3.63) is 51.9 Å². The van der Waals surface area contributed by atoms with E-state index in [1.54, 1.807) is 0 Å². The van der Waals surface area contributed by atoms with E-state index in [-0.39, 0.29) is 5.97 Å². The summed E-state index contributed by atoms with van der Waals surface area (Å²) >= 11 is 1.45. The van der Waals surface area contributed by atoms with Crippen molar-refractivity contribution in [1.82, 2.24) is 0 Å². The van der Waals surface area contributed by atoms with Crippen molar-refractivity contribution in [2.75, 3.05) is 38.3 Å². The fourth-order valence-corrected chi connectivity index (χ4v) is 3.81. The Kier molecular flexibility index (Phi) is 5.19. The summed E-state index contributed by atoms with van der Waals surface area (Å²) in [5.41, 5.74) is 2.75. The summed E-state index contributed by atoms with van der Waals surface area (Å²) in [4.78, 5) is 14.9. The van der Waals surface area contributed by atoms with Crippen molar-refractivity contribution in [3.8, 4) is 11.8 Å². The van der Waals surface area contributed by atoms with Crippen molar-refractivity contribution in [2.24, 2.45) is 0 Å². The summed E-state index contributed by atoms with van der Waals surface area (Å²) in [7, 11) is 1.41. The molecular formula is C19H19NO3S. The molecule has 1 fully saturated rings. The van der Waals surface area contributed by atoms with Crippen LogP contribution in [0.1, 0.15) is 26.4 Å². The van der Waals surface area contributed by atoms with Gasteiger partial charge >= 0.3 is 5.97 Å². The number of morpholine rings is 1. The second-order valence-electron chi connectivity index (χ2n) is 5.44. The van der Waals surface area contributed by atoms with Gasteiger partial charge in [0.1, 0.15) is 9.88 Å². The molecule has 0 aliphatic carbocycles. The predicted octanol–water partition coefficient (Wildman–Crippen LogP) is 3.08. The van der Waals surface area contributed by atoms with Crippen LogP contribution < -0.4 is 4.90 Å². The van der Waals surface area contributed by atoms with Gasteiger partial charge in [-0.3, -0.25) is 0 Å². The molecule has 5 heteroatoms. The third-order valence-corrected chi connectivity index (χ3v) is 5.24. The number of anilines is 1. The van der Waals surface area contributed by atoms with E-state index in [9.17, 15) is 4.79 Å². The molecule has 24 heavy (non-hydrogen) atoms. The van der Waals surface area contributed by atoms with Gasteiger partial charge in [0, 0.05) is 18.7 Å². The average Bonchev–Trinajstić information content (AvgIpc) is 2.97. The summed E-state index contributed by atoms with van der Waals surface area (Å²) in [5, 5.41) is 1.03. The topological polar surface area (TPSA) is 38.8 Å². The molecule has 1 aliphatic rings. The highest BCUT2D eigenvalue weighted by Crippen LogP contribution is 2.36. The lowest BCUT2D eigenvalue weighted by Crippen LogP contribution is -2.36. The minimum Gasteiger partial charge on any atom is -0.465 e. The number of carbonyl (C=O) groups excluding carboxylic acids is 1. The summed E-state index contributed by atoms with van der Waals surface area (Å²) < 4.78 is 10.3. The first-order chi connectivity index (χ1) is 11.7. The van der Waals surface area contributed by atoms with Gasteiger partial charge in [0.25, 0.3) is 0 Å². The van der Waals surface area contributed by atoms with Gasteiger partial charge in [-0.2, -0.15) is 0 Å². The molecule has 0 radical (unpaired) electrons. The molecule has 3 rings (SSSR count). The Morgan fingerprint density at radius 1 is 1.21 bits per heavy atom. The van der Waals surface area contributed by atoms with Crippen molar-refractivity contribution in [3.63, 3.8) is 0 Å². The molecule has 0 atom stereocenters. The summed E-state index contributed by atoms with van der Waals surface area (Å²) in [6, 6.07) is 9.85. The number of nitrogens with zero attached hydrogens (tertiary/aromatic N) is 1. The van der Waals surface area contributed by atoms with E-state index < -0.39 is 0 Å². The normalized spacial score (nSPS) is 14.0. The van der Waals surface area contributed by atoms with Crippen LogP contribution in [0.5, 0.6) is 0 Å². The largest absolute Gasteiger partial charge is 0.465 e. The zero-order valence-corrected chi connectivity index (χ0v) is 14.6. The Balaban J connectivity index is 2.03. The van der Waals surface area contributed by atoms with Crippen LogP contribution in [0.25, 0.3) is 0 Å². The van der Waals surface area contributed by atoms with Crippen LogP contribution in [-0.2, 0) is 9.47 Å². The zero-order valence-electron chi connectivity index (χ0n) is 13.8. The summed E-state index contributed by atoms with van der Waals surface area (Å²) in [5.74, 6) is 6.16. The van der Waals surface area contributed by atoms with Crippen molar-refractivity contribution in [2.45, 2.75) is 6.92 Å². The summed E-state index contributed by atoms with van der Waals surface area (Å²) in [6.07, 6.45) is 0. The Bertz CT molecular complexity index is 780. The molecule has 124 valence electrons. The number of carbonyl (C=O) groups is 1. The first-order valence-electron chi connectivity index (χ1n) is 7.82. The van der Waals surface area contributed by atoms with Gasteiger partial charge in [0.2, 0.25) is 0 Å². The molecule has 4 nitrogen and oxygen atoms in total. The standard InChI is InChI=1S/C19H19NO3S/c1-14-16(9-8-15-6-4-3-5-7-15)18(20-10-12-23-13-11-20)24-17(14)19(21)22-2/h3-7H,10-13H2,1-2H3. The van der Waals surface area contributed by atoms with Gasteiger partial charge in [-0.25, -0.2) is 4.79 Å². The molecule has 1 saturated heterocycles. The van der Waals surface area contributed by atoms with E-state index >= 15 is 0 Å². The van der Waals surface area contributed by atoms with E-state index in [0.29, 0.717) is 18.1 Å². The average molecular weight is 341 g/mol. The lowest BCUT2D eigenvalue weighted by Gasteiger charge is -2.27. The van der Waals surface area contributed by atoms with E-state index in [1.807, 2.05) is 37.3 Å². The van der Waals surface area contributed by atoms with Crippen LogP contribution >= 0.6 is 11.3 Å². The number of benzene rings is 1. The second-order valence-corrected chi connectivity index (χ2v) is 6.44. The molecule has 0 saturated carbocycles. The molecule has 0 amide bonds. The van der Waals surface area contributed by atoms with Crippen LogP contribution in [0.2, 0.25) is 0 Å². The van der Waals surface area contributed by atoms with Crippen LogP contribution in [0.4, 0.5) is 5.00 Å². The number of ether oxygens (including phenoxy) is 2. The molecule has 2 heterocycles. The fourth-order valence-electron chi connectivity index (χ4n) is 2.58. The number of rotatable bonds is 2. The monoisotopic (exact) mass is 341 g/mol. The van der Waals surface area contributed by atoms with Crippen LogP contribution in [0.15, 0.2) is 30.3 Å². The zero-order chi connectivity index (χ0) is 16.9. The summed E-state index contributed by atoms with van der Waals surface area (Å²) in [6.45, 7) is 4.93. The smallest absolute Gasteiger partial charge is 0.348 e. The number of hydrogen-bond acceptors (Lipinski definition) is 5. The van der Waals surface area contributed by atoms with Gasteiger partial charge in [-0.1, -0.05) is 30.0 Å². The molecule has 1 aromatic carbocycles. The maximum Gasteiger partial charge on any atom is 0.348 e. The minimum atomic E-state index is -0.306. The third-order valence-electron chi connectivity index (χ3n) is 3.90. The van der Waals surface area contributed by atoms with Gasteiger partial charge in [0.05, 0.1) is 25.9 Å². The van der Waals surface area contributed by atoms with Gasteiger partial charge < -0.3 is 14.4 Å². The lowest BCUT2D eigenvalue weighted by atomic mass is 10.1. The van der Waals surface area contributed by atoms with Crippen LogP contribution in [0.3, 0.4) is 0 Å². The molecule has 0 bridgehead atoms. The van der Waals surface area contributed by atoms with Gasteiger partial charge in [0.15, 0.2) is 0 Å². The Labute approximate surface area is 146 Å². The van der Waals surface area contributed by atoms with Crippen LogP contribution in [0, 0.1) is 18.8 Å². The molecular weight excluding hydrogens is 322 g/mol. The Hall–Kier alpha value is -2.29. The van der Waals surface area contributed by atoms with Gasteiger partial charge in [-0.15, -0.1) is 11.3 Å². The SMILES string of the molecule is COC(=O)c1sc(N2CCOCC2)c(C#Cc2ccccc2)c1C. The van der Waals surface area contributed by atoms with E-state index in [1.165, 1.54) is 18.4 Å². The third kappa shape index (κ3) is 3.45. The minimum absolute atomic E-state index is 0.306. The highest BCUT2D eigenvalue weighted by molar-refractivity contribution is 7.18. The van der Waals surface area contributed by atoms with E-state index in [4.69, 9.17) is 9.47 Å². The Morgan fingerprint density at radius 2 is 1.92 bits per heavy atom. The fraction of sp³-hybridized carbons (Fsp3) is 0.316. The molecule has 0 spiro atoms. The van der Waals surface area contributed by atoms with Crippen molar-refractivity contribution >= 4 is 22.3 Å². The molecule has 2 aromatic rings. The number of methoxy groups -OCH3 is 1. The highest BCUT2D eigenvalue weighted by atomic mass is 32.1. The Morgan fingerprint density at radius 3 is 2.58 bits per heavy atom. The molecule has 1 aromatic heterocycles. The highest BCUT2D eigenvalue weighted by Gasteiger charge is 2.24. The lowest BCUT2D eigenvalue weighted by molar-refractivity contribution is 0.0605.